The first-order chi connectivity index (χ1) is 15.9. The lowest BCUT2D eigenvalue weighted by Gasteiger charge is -2.33. The second-order valence-electron chi connectivity index (χ2n) is 8.41. The molecule has 1 aromatic carbocycles. The summed E-state index contributed by atoms with van der Waals surface area (Å²) >= 11 is 0. The Morgan fingerprint density at radius 3 is 2.64 bits per heavy atom. The number of carbonyl (C=O) groups is 1. The fourth-order valence-corrected chi connectivity index (χ4v) is 3.89. The molecule has 1 amide bonds. The third-order valence-corrected chi connectivity index (χ3v) is 5.68. The van der Waals surface area contributed by atoms with Gasteiger partial charge in [0.25, 0.3) is 0 Å². The van der Waals surface area contributed by atoms with Gasteiger partial charge >= 0.3 is 6.09 Å². The average Bonchev–Trinajstić information content (AvgIpc) is 3.34. The van der Waals surface area contributed by atoms with Gasteiger partial charge in [0.15, 0.2) is 12.2 Å². The highest BCUT2D eigenvalue weighted by molar-refractivity contribution is 5.68. The summed E-state index contributed by atoms with van der Waals surface area (Å²) < 4.78 is 39.5. The van der Waals surface area contributed by atoms with Crippen LogP contribution in [0.3, 0.4) is 0 Å². The number of hydrogen-bond acceptors (Lipinski definition) is 7. The highest BCUT2D eigenvalue weighted by Crippen LogP contribution is 2.30. The van der Waals surface area contributed by atoms with E-state index in [1.807, 2.05) is 19.9 Å². The highest BCUT2D eigenvalue weighted by atomic mass is 19.1. The maximum Gasteiger partial charge on any atom is 0.410 e. The Hall–Kier alpha value is -3.14. The molecule has 33 heavy (non-hydrogen) atoms. The first-order valence-electron chi connectivity index (χ1n) is 11.1. The van der Waals surface area contributed by atoms with Crippen molar-refractivity contribution < 1.29 is 27.6 Å². The number of benzene rings is 1. The molecule has 1 saturated heterocycles. The molecule has 10 heteroatoms. The van der Waals surface area contributed by atoms with E-state index in [0.717, 1.165) is 11.8 Å². The Morgan fingerprint density at radius 1 is 1.21 bits per heavy atom. The second kappa shape index (κ2) is 10.2. The van der Waals surface area contributed by atoms with Crippen LogP contribution in [0.5, 0.6) is 0 Å². The van der Waals surface area contributed by atoms with Crippen LogP contribution in [0.2, 0.25) is 0 Å². The third-order valence-electron chi connectivity index (χ3n) is 5.68. The quantitative estimate of drug-likeness (QED) is 0.643. The summed E-state index contributed by atoms with van der Waals surface area (Å²) in [5.41, 5.74) is 4.14. The van der Waals surface area contributed by atoms with Crippen molar-refractivity contribution in [2.24, 2.45) is 0 Å². The van der Waals surface area contributed by atoms with Crippen LogP contribution in [0.4, 0.5) is 19.3 Å². The minimum absolute atomic E-state index is 0.0118. The highest BCUT2D eigenvalue weighted by Gasteiger charge is 2.26. The van der Waals surface area contributed by atoms with Crippen molar-refractivity contribution in [3.05, 3.63) is 48.1 Å². The van der Waals surface area contributed by atoms with E-state index < -0.39 is 11.6 Å². The zero-order valence-corrected chi connectivity index (χ0v) is 18.7. The largest absolute Gasteiger partial charge is 0.447 e. The lowest BCUT2D eigenvalue weighted by Crippen LogP contribution is -2.43. The first-order valence-corrected chi connectivity index (χ1v) is 11.1. The van der Waals surface area contributed by atoms with Gasteiger partial charge < -0.3 is 19.0 Å². The molecule has 0 spiro atoms. The number of hydroxylamine groups is 1. The van der Waals surface area contributed by atoms with E-state index >= 15 is 0 Å². The number of ether oxygens (including phenoxy) is 1. The Balaban J connectivity index is 1.27. The molecule has 0 unspecified atom stereocenters. The van der Waals surface area contributed by atoms with E-state index in [1.165, 1.54) is 18.7 Å². The van der Waals surface area contributed by atoms with Gasteiger partial charge in [-0.05, 0) is 38.8 Å². The van der Waals surface area contributed by atoms with Gasteiger partial charge in [-0.1, -0.05) is 0 Å². The van der Waals surface area contributed by atoms with Gasteiger partial charge in [0.2, 0.25) is 0 Å². The molecule has 0 saturated carbocycles. The summed E-state index contributed by atoms with van der Waals surface area (Å²) in [7, 11) is 0. The van der Waals surface area contributed by atoms with Crippen molar-refractivity contribution in [3.63, 3.8) is 0 Å². The zero-order valence-electron chi connectivity index (χ0n) is 18.7. The van der Waals surface area contributed by atoms with Crippen molar-refractivity contribution in [1.29, 1.82) is 0 Å². The molecule has 1 N–H and O–H groups in total. The van der Waals surface area contributed by atoms with Crippen LogP contribution >= 0.6 is 0 Å². The monoisotopic (exact) mass is 462 g/mol. The van der Waals surface area contributed by atoms with Crippen molar-refractivity contribution >= 4 is 11.8 Å². The smallest absolute Gasteiger partial charge is 0.410 e. The van der Waals surface area contributed by atoms with E-state index in [0.29, 0.717) is 45.4 Å². The maximum absolute atomic E-state index is 14.7. The molecule has 178 valence electrons. The predicted molar refractivity (Wildman–Crippen MR) is 117 cm³/mol. The lowest BCUT2D eigenvalue weighted by atomic mass is 10.1. The van der Waals surface area contributed by atoms with Crippen LogP contribution in [0.1, 0.15) is 33.1 Å². The molecule has 1 aromatic heterocycles. The van der Waals surface area contributed by atoms with Gasteiger partial charge in [0.05, 0.1) is 29.7 Å². The summed E-state index contributed by atoms with van der Waals surface area (Å²) in [4.78, 5) is 25.0. The number of halogens is 2. The fourth-order valence-electron chi connectivity index (χ4n) is 3.89. The zero-order chi connectivity index (χ0) is 23.4. The van der Waals surface area contributed by atoms with Crippen LogP contribution in [0.25, 0.3) is 11.3 Å². The van der Waals surface area contributed by atoms with E-state index in [-0.39, 0.29) is 35.3 Å². The maximum atomic E-state index is 14.7. The molecular formula is C23H28F2N4O4. The number of piperidine rings is 1. The summed E-state index contributed by atoms with van der Waals surface area (Å²) in [6.07, 6.45) is 6.01. The molecule has 0 radical (unpaired) electrons. The summed E-state index contributed by atoms with van der Waals surface area (Å²) in [6, 6.07) is 2.32. The fraction of sp³-hybridized carbons (Fsp3) is 0.478. The molecule has 8 nitrogen and oxygen atoms in total. The molecule has 4 rings (SSSR count). The topological polar surface area (TPSA) is 80.1 Å². The number of hydrogen-bond donors (Lipinski definition) is 1. The second-order valence-corrected chi connectivity index (χ2v) is 8.41. The Kier molecular flexibility index (Phi) is 7.12. The average molecular weight is 462 g/mol. The Labute approximate surface area is 191 Å². The number of amides is 1. The molecule has 0 aliphatic carbocycles. The molecule has 0 bridgehead atoms. The lowest BCUT2D eigenvalue weighted by molar-refractivity contribution is -0.0415. The van der Waals surface area contributed by atoms with Crippen LogP contribution in [0, 0.1) is 11.6 Å². The number of rotatable bonds is 6. The Bertz CT molecular complexity index is 989. The number of carbonyl (C=O) groups excluding carboxylic acids is 1. The number of nitrogens with zero attached hydrogens (tertiary/aromatic N) is 3. The third kappa shape index (κ3) is 5.62. The molecule has 2 aromatic rings. The summed E-state index contributed by atoms with van der Waals surface area (Å²) in [6.45, 7) is 5.76. The molecule has 3 heterocycles. The van der Waals surface area contributed by atoms with Crippen LogP contribution < -0.4 is 10.4 Å². The number of likely N-dealkylation sites (tertiary alicyclic amines) is 1. The van der Waals surface area contributed by atoms with E-state index in [1.54, 1.807) is 9.80 Å². The van der Waals surface area contributed by atoms with Gasteiger partial charge in [-0.2, -0.15) is 0 Å². The predicted octanol–water partition coefficient (Wildman–Crippen LogP) is 4.24. The normalized spacial score (nSPS) is 17.3. The number of aromatic nitrogens is 1. The van der Waals surface area contributed by atoms with Crippen LogP contribution in [0.15, 0.2) is 40.9 Å². The van der Waals surface area contributed by atoms with Crippen LogP contribution in [-0.2, 0) is 9.57 Å². The number of oxazole rings is 1. The van der Waals surface area contributed by atoms with Gasteiger partial charge in [-0.25, -0.2) is 18.6 Å². The summed E-state index contributed by atoms with van der Waals surface area (Å²) in [5.74, 6) is -0.905. The Morgan fingerprint density at radius 2 is 2.00 bits per heavy atom. The van der Waals surface area contributed by atoms with Crippen molar-refractivity contribution in [1.82, 2.24) is 15.4 Å². The molecular weight excluding hydrogens is 434 g/mol. The van der Waals surface area contributed by atoms with Crippen molar-refractivity contribution in [3.8, 4) is 11.3 Å². The van der Waals surface area contributed by atoms with Crippen molar-refractivity contribution in [2.45, 2.75) is 45.3 Å². The van der Waals surface area contributed by atoms with Gasteiger partial charge in [-0.15, -0.1) is 0 Å². The first kappa shape index (κ1) is 23.0. The molecule has 0 atom stereocenters. The van der Waals surface area contributed by atoms with Crippen molar-refractivity contribution in [2.75, 3.05) is 31.1 Å². The van der Waals surface area contributed by atoms with Crippen LogP contribution in [-0.4, -0.2) is 54.4 Å². The minimum Gasteiger partial charge on any atom is -0.447 e. The molecule has 2 aliphatic heterocycles. The minimum atomic E-state index is -0.567. The van der Waals surface area contributed by atoms with Gasteiger partial charge in [0.1, 0.15) is 11.6 Å². The SMILES string of the molecule is CC(C)OC(=O)N1CCC(ONC2=CCN(c3cc(F)c(-c4cnco4)cc3F)CC2)CC1. The van der Waals surface area contributed by atoms with E-state index in [4.69, 9.17) is 14.0 Å². The number of nitrogens with one attached hydrogen (secondary N) is 1. The number of anilines is 1. The summed E-state index contributed by atoms with van der Waals surface area (Å²) in [5, 5.41) is 0. The van der Waals surface area contributed by atoms with Gasteiger partial charge in [-0.3, -0.25) is 10.3 Å². The van der Waals surface area contributed by atoms with E-state index in [9.17, 15) is 13.6 Å². The molecule has 1 fully saturated rings. The van der Waals surface area contributed by atoms with E-state index in [2.05, 4.69) is 10.5 Å². The van der Waals surface area contributed by atoms with Gasteiger partial charge in [0, 0.05) is 44.4 Å². The molecule has 2 aliphatic rings. The standard InChI is InChI=1S/C23H28F2N4O4/c1-15(2)32-23(30)29-9-5-17(6-10-29)33-27-16-3-7-28(8-4-16)21-12-19(24)18(11-20(21)25)22-13-26-14-31-22/h3,11-15,17,27H,4-10H2,1-2H3.